The maximum Gasteiger partial charge on any atom is 0.228 e. The zero-order valence-electron chi connectivity index (χ0n) is 11.5. The molecule has 3 rings (SSSR count). The SMILES string of the molecule is CCNC(Cc1nc(-c2ccc(F)cc2)no1)C1CC1. The first kappa shape index (κ1) is 13.2. The fraction of sp³-hybridized carbons (Fsp3) is 0.467. The number of nitrogens with zero attached hydrogens (tertiary/aromatic N) is 2. The highest BCUT2D eigenvalue weighted by Gasteiger charge is 2.31. The lowest BCUT2D eigenvalue weighted by molar-refractivity contribution is 0.348. The van der Waals surface area contributed by atoms with Gasteiger partial charge in [-0.1, -0.05) is 12.1 Å². The molecule has 1 aromatic carbocycles. The van der Waals surface area contributed by atoms with E-state index < -0.39 is 0 Å². The summed E-state index contributed by atoms with van der Waals surface area (Å²) in [5.74, 6) is 1.63. The highest BCUT2D eigenvalue weighted by atomic mass is 19.1. The average molecular weight is 275 g/mol. The van der Waals surface area contributed by atoms with Crippen LogP contribution in [0, 0.1) is 11.7 Å². The molecule has 1 unspecified atom stereocenters. The van der Waals surface area contributed by atoms with Gasteiger partial charge in [-0.25, -0.2) is 4.39 Å². The summed E-state index contributed by atoms with van der Waals surface area (Å²) in [4.78, 5) is 4.40. The van der Waals surface area contributed by atoms with Gasteiger partial charge in [0, 0.05) is 18.0 Å². The van der Waals surface area contributed by atoms with Gasteiger partial charge in [-0.05, 0) is 49.6 Å². The molecule has 0 spiro atoms. The maximum atomic E-state index is 12.9. The van der Waals surface area contributed by atoms with Gasteiger partial charge in [0.15, 0.2) is 0 Å². The largest absolute Gasteiger partial charge is 0.339 e. The molecule has 1 saturated carbocycles. The van der Waals surface area contributed by atoms with Crippen LogP contribution in [0.15, 0.2) is 28.8 Å². The Morgan fingerprint density at radius 3 is 2.75 bits per heavy atom. The van der Waals surface area contributed by atoms with Crippen molar-refractivity contribution >= 4 is 0 Å². The van der Waals surface area contributed by atoms with E-state index >= 15 is 0 Å². The van der Waals surface area contributed by atoms with Gasteiger partial charge in [0.05, 0.1) is 0 Å². The molecule has 1 aromatic heterocycles. The monoisotopic (exact) mass is 275 g/mol. The standard InChI is InChI=1S/C15H18FN3O/c1-2-17-13(10-3-4-10)9-14-18-15(19-20-14)11-5-7-12(16)8-6-11/h5-8,10,13,17H,2-4,9H2,1H3. The molecule has 5 heteroatoms. The van der Waals surface area contributed by atoms with Crippen LogP contribution >= 0.6 is 0 Å². The summed E-state index contributed by atoms with van der Waals surface area (Å²) in [6.45, 7) is 3.05. The third-order valence-corrected chi connectivity index (χ3v) is 3.62. The van der Waals surface area contributed by atoms with Crippen LogP contribution in [0.1, 0.15) is 25.7 Å². The van der Waals surface area contributed by atoms with Crippen molar-refractivity contribution in [2.24, 2.45) is 5.92 Å². The minimum atomic E-state index is -0.265. The molecule has 2 aromatic rings. The summed E-state index contributed by atoms with van der Waals surface area (Å²) >= 11 is 0. The predicted molar refractivity (Wildman–Crippen MR) is 73.6 cm³/mol. The Morgan fingerprint density at radius 2 is 2.10 bits per heavy atom. The van der Waals surface area contributed by atoms with E-state index in [1.54, 1.807) is 12.1 Å². The second kappa shape index (κ2) is 5.71. The van der Waals surface area contributed by atoms with E-state index in [4.69, 9.17) is 4.52 Å². The Hall–Kier alpha value is -1.75. The summed E-state index contributed by atoms with van der Waals surface area (Å²) in [5, 5.41) is 7.44. The number of halogens is 1. The van der Waals surface area contributed by atoms with Crippen molar-refractivity contribution in [2.75, 3.05) is 6.54 Å². The minimum Gasteiger partial charge on any atom is -0.339 e. The fourth-order valence-electron chi connectivity index (χ4n) is 2.41. The van der Waals surface area contributed by atoms with Crippen LogP contribution in [0.3, 0.4) is 0 Å². The molecule has 1 N–H and O–H groups in total. The Labute approximate surface area is 117 Å². The number of nitrogens with one attached hydrogen (secondary N) is 1. The number of likely N-dealkylation sites (N-methyl/N-ethyl adjacent to an activating group) is 1. The van der Waals surface area contributed by atoms with E-state index in [2.05, 4.69) is 22.4 Å². The van der Waals surface area contributed by atoms with Crippen LogP contribution in [0.25, 0.3) is 11.4 Å². The molecule has 20 heavy (non-hydrogen) atoms. The number of hydrogen-bond acceptors (Lipinski definition) is 4. The van der Waals surface area contributed by atoms with E-state index in [0.717, 1.165) is 24.4 Å². The third kappa shape index (κ3) is 3.04. The Bertz CT molecular complexity index is 563. The molecule has 1 atom stereocenters. The number of rotatable bonds is 6. The summed E-state index contributed by atoms with van der Waals surface area (Å²) < 4.78 is 18.2. The lowest BCUT2D eigenvalue weighted by Crippen LogP contribution is -2.33. The van der Waals surface area contributed by atoms with Crippen LogP contribution in [-0.4, -0.2) is 22.7 Å². The number of aromatic nitrogens is 2. The van der Waals surface area contributed by atoms with E-state index in [9.17, 15) is 4.39 Å². The molecule has 0 saturated heterocycles. The number of hydrogen-bond donors (Lipinski definition) is 1. The van der Waals surface area contributed by atoms with Gasteiger partial charge in [0.25, 0.3) is 0 Å². The summed E-state index contributed by atoms with van der Waals surface area (Å²) in [5.41, 5.74) is 0.771. The van der Waals surface area contributed by atoms with Gasteiger partial charge in [0.2, 0.25) is 11.7 Å². The van der Waals surface area contributed by atoms with E-state index in [1.807, 2.05) is 0 Å². The lowest BCUT2D eigenvalue weighted by Gasteiger charge is -2.14. The van der Waals surface area contributed by atoms with Crippen molar-refractivity contribution in [3.8, 4) is 11.4 Å². The van der Waals surface area contributed by atoms with Gasteiger partial charge < -0.3 is 9.84 Å². The van der Waals surface area contributed by atoms with Gasteiger partial charge in [-0.3, -0.25) is 0 Å². The number of benzene rings is 1. The van der Waals surface area contributed by atoms with Crippen molar-refractivity contribution in [1.82, 2.24) is 15.5 Å². The molecular weight excluding hydrogens is 257 g/mol. The first-order chi connectivity index (χ1) is 9.76. The summed E-state index contributed by atoms with van der Waals surface area (Å²) in [6, 6.07) is 6.54. The van der Waals surface area contributed by atoms with Crippen LogP contribution in [0.5, 0.6) is 0 Å². The fourth-order valence-corrected chi connectivity index (χ4v) is 2.41. The lowest BCUT2D eigenvalue weighted by atomic mass is 10.1. The first-order valence-corrected chi connectivity index (χ1v) is 7.08. The normalized spacial score (nSPS) is 16.3. The molecule has 1 aliphatic carbocycles. The van der Waals surface area contributed by atoms with Gasteiger partial charge in [-0.15, -0.1) is 0 Å². The second-order valence-corrected chi connectivity index (χ2v) is 5.22. The summed E-state index contributed by atoms with van der Waals surface area (Å²) in [7, 11) is 0. The molecule has 4 nitrogen and oxygen atoms in total. The predicted octanol–water partition coefficient (Wildman–Crippen LogP) is 2.81. The zero-order chi connectivity index (χ0) is 13.9. The van der Waals surface area contributed by atoms with Crippen molar-refractivity contribution < 1.29 is 8.91 Å². The Kier molecular flexibility index (Phi) is 3.78. The van der Waals surface area contributed by atoms with Gasteiger partial charge in [-0.2, -0.15) is 4.98 Å². The van der Waals surface area contributed by atoms with Crippen LogP contribution < -0.4 is 5.32 Å². The minimum absolute atomic E-state index is 0.265. The maximum absolute atomic E-state index is 12.9. The molecule has 0 amide bonds. The molecule has 1 aliphatic rings. The van der Waals surface area contributed by atoms with Gasteiger partial charge >= 0.3 is 0 Å². The molecular formula is C15H18FN3O. The van der Waals surface area contributed by atoms with E-state index in [-0.39, 0.29) is 5.82 Å². The molecule has 0 bridgehead atoms. The topological polar surface area (TPSA) is 51.0 Å². The molecule has 1 fully saturated rings. The zero-order valence-corrected chi connectivity index (χ0v) is 11.5. The smallest absolute Gasteiger partial charge is 0.228 e. The van der Waals surface area contributed by atoms with Crippen LogP contribution in [0.2, 0.25) is 0 Å². The molecule has 106 valence electrons. The highest BCUT2D eigenvalue weighted by molar-refractivity contribution is 5.53. The highest BCUT2D eigenvalue weighted by Crippen LogP contribution is 2.34. The van der Waals surface area contributed by atoms with E-state index in [0.29, 0.717) is 17.8 Å². The quantitative estimate of drug-likeness (QED) is 0.880. The average Bonchev–Trinajstić information content (AvgIpc) is 3.20. The second-order valence-electron chi connectivity index (χ2n) is 5.22. The Morgan fingerprint density at radius 1 is 1.35 bits per heavy atom. The van der Waals surface area contributed by atoms with Crippen LogP contribution in [-0.2, 0) is 6.42 Å². The van der Waals surface area contributed by atoms with Gasteiger partial charge in [0.1, 0.15) is 5.82 Å². The van der Waals surface area contributed by atoms with Crippen LogP contribution in [0.4, 0.5) is 4.39 Å². The third-order valence-electron chi connectivity index (χ3n) is 3.62. The summed E-state index contributed by atoms with van der Waals surface area (Å²) in [6.07, 6.45) is 3.31. The van der Waals surface area contributed by atoms with Crippen molar-refractivity contribution in [3.05, 3.63) is 36.0 Å². The van der Waals surface area contributed by atoms with E-state index in [1.165, 1.54) is 25.0 Å². The molecule has 0 aliphatic heterocycles. The van der Waals surface area contributed by atoms with Crippen molar-refractivity contribution in [3.63, 3.8) is 0 Å². The van der Waals surface area contributed by atoms with Crippen molar-refractivity contribution in [1.29, 1.82) is 0 Å². The molecule has 0 radical (unpaired) electrons. The first-order valence-electron chi connectivity index (χ1n) is 7.08. The van der Waals surface area contributed by atoms with Crippen molar-refractivity contribution in [2.45, 2.75) is 32.2 Å². The molecule has 1 heterocycles. The Balaban J connectivity index is 1.71.